The second-order valence-electron chi connectivity index (χ2n) is 7.81. The van der Waals surface area contributed by atoms with Crippen LogP contribution in [0.5, 0.6) is 11.5 Å². The molecular weight excluding hydrogens is 440 g/mol. The number of hydrogen-bond donors (Lipinski definition) is 0. The molecule has 0 unspecified atom stereocenters. The topological polar surface area (TPSA) is 76.2 Å². The van der Waals surface area contributed by atoms with Crippen LogP contribution in [0.15, 0.2) is 47.4 Å². The van der Waals surface area contributed by atoms with Crippen LogP contribution in [0.3, 0.4) is 0 Å². The number of rotatable bonds is 5. The molecule has 4 rings (SSSR count). The molecule has 2 aromatic carbocycles. The number of nitrogens with zero attached hydrogens (tertiary/aromatic N) is 2. The number of benzene rings is 2. The Morgan fingerprint density at radius 1 is 1.10 bits per heavy atom. The summed E-state index contributed by atoms with van der Waals surface area (Å²) in [6.45, 7) is 1.92. The number of fused-ring (bicyclic) bond motifs is 1. The highest BCUT2D eigenvalue weighted by Gasteiger charge is 2.33. The van der Waals surface area contributed by atoms with Gasteiger partial charge >= 0.3 is 0 Å². The van der Waals surface area contributed by atoms with Crippen LogP contribution >= 0.6 is 11.6 Å². The third-order valence-corrected chi connectivity index (χ3v) is 7.77. The van der Waals surface area contributed by atoms with Crippen molar-refractivity contribution in [1.82, 2.24) is 9.21 Å². The van der Waals surface area contributed by atoms with Crippen LogP contribution in [0.1, 0.15) is 18.4 Å². The van der Waals surface area contributed by atoms with E-state index in [2.05, 4.69) is 0 Å². The van der Waals surface area contributed by atoms with E-state index in [-0.39, 0.29) is 16.7 Å². The van der Waals surface area contributed by atoms with Gasteiger partial charge in [-0.05, 0) is 42.7 Å². The molecule has 2 heterocycles. The van der Waals surface area contributed by atoms with Crippen molar-refractivity contribution in [3.05, 3.63) is 53.1 Å². The number of amides is 1. The molecule has 2 aromatic rings. The van der Waals surface area contributed by atoms with Gasteiger partial charge in [0.05, 0.1) is 4.90 Å². The maximum atomic E-state index is 13.1. The molecule has 7 nitrogen and oxygen atoms in total. The van der Waals surface area contributed by atoms with E-state index in [1.807, 2.05) is 18.2 Å². The first-order valence-electron chi connectivity index (χ1n) is 10.2. The Bertz CT molecular complexity index is 1070. The van der Waals surface area contributed by atoms with E-state index < -0.39 is 10.0 Å². The standard InChI is InChI=1S/C22H25ClN2O5S/c1-24(15-16-3-2-4-18(23)13-16)22(26)17-7-9-25(10-8-17)31(27,28)19-5-6-20-21(14-19)30-12-11-29-20/h2-6,13-14,17H,7-12,15H2,1H3. The Morgan fingerprint density at radius 3 is 2.52 bits per heavy atom. The third kappa shape index (κ3) is 4.81. The van der Waals surface area contributed by atoms with Crippen LogP contribution < -0.4 is 9.47 Å². The monoisotopic (exact) mass is 464 g/mol. The molecule has 0 atom stereocenters. The van der Waals surface area contributed by atoms with E-state index in [0.717, 1.165) is 5.56 Å². The minimum absolute atomic E-state index is 0.0244. The molecule has 0 aromatic heterocycles. The highest BCUT2D eigenvalue weighted by atomic mass is 35.5. The van der Waals surface area contributed by atoms with E-state index in [1.54, 1.807) is 30.1 Å². The number of sulfonamides is 1. The van der Waals surface area contributed by atoms with Crippen LogP contribution in [0.4, 0.5) is 0 Å². The molecule has 0 spiro atoms. The first-order valence-corrected chi connectivity index (χ1v) is 12.1. The van der Waals surface area contributed by atoms with Crippen LogP contribution in [0, 0.1) is 5.92 Å². The summed E-state index contributed by atoms with van der Waals surface area (Å²) in [5.74, 6) is 0.824. The molecule has 0 bridgehead atoms. The predicted molar refractivity (Wildman–Crippen MR) is 117 cm³/mol. The predicted octanol–water partition coefficient (Wildman–Crippen LogP) is 3.17. The Balaban J connectivity index is 1.38. The molecule has 31 heavy (non-hydrogen) atoms. The lowest BCUT2D eigenvalue weighted by Crippen LogP contribution is -2.43. The lowest BCUT2D eigenvalue weighted by molar-refractivity contribution is -0.135. The van der Waals surface area contributed by atoms with Crippen LogP contribution in [0.2, 0.25) is 5.02 Å². The van der Waals surface area contributed by atoms with Gasteiger partial charge in [-0.15, -0.1) is 0 Å². The van der Waals surface area contributed by atoms with Crippen LogP contribution in [-0.2, 0) is 21.4 Å². The van der Waals surface area contributed by atoms with Gasteiger partial charge in [0.15, 0.2) is 11.5 Å². The summed E-state index contributed by atoms with van der Waals surface area (Å²) in [5, 5.41) is 0.635. The van der Waals surface area contributed by atoms with Crippen molar-refractivity contribution < 1.29 is 22.7 Å². The largest absolute Gasteiger partial charge is 0.486 e. The van der Waals surface area contributed by atoms with Crippen molar-refractivity contribution in [3.63, 3.8) is 0 Å². The SMILES string of the molecule is CN(Cc1cccc(Cl)c1)C(=O)C1CCN(S(=O)(=O)c2ccc3c(c2)OCCO3)CC1. The summed E-state index contributed by atoms with van der Waals surface area (Å²) in [7, 11) is -1.89. The van der Waals surface area contributed by atoms with Gasteiger partial charge in [0, 0.05) is 43.7 Å². The lowest BCUT2D eigenvalue weighted by atomic mass is 9.96. The Hall–Kier alpha value is -2.29. The fraction of sp³-hybridized carbons (Fsp3) is 0.409. The van der Waals surface area contributed by atoms with Gasteiger partial charge in [0.25, 0.3) is 0 Å². The van der Waals surface area contributed by atoms with Crippen LogP contribution in [0.25, 0.3) is 0 Å². The zero-order valence-electron chi connectivity index (χ0n) is 17.3. The summed E-state index contributed by atoms with van der Waals surface area (Å²) in [6.07, 6.45) is 0.977. The molecule has 1 fully saturated rings. The van der Waals surface area contributed by atoms with Gasteiger partial charge < -0.3 is 14.4 Å². The number of carbonyl (C=O) groups excluding carboxylic acids is 1. The van der Waals surface area contributed by atoms with Crippen molar-refractivity contribution in [2.24, 2.45) is 5.92 Å². The summed E-state index contributed by atoms with van der Waals surface area (Å²) in [5.41, 5.74) is 0.960. The van der Waals surface area contributed by atoms with Crippen molar-refractivity contribution in [2.45, 2.75) is 24.3 Å². The van der Waals surface area contributed by atoms with Crippen molar-refractivity contribution in [2.75, 3.05) is 33.4 Å². The normalized spacial score (nSPS) is 17.4. The Labute approximate surface area is 187 Å². The van der Waals surface area contributed by atoms with Gasteiger partial charge in [-0.1, -0.05) is 23.7 Å². The van der Waals surface area contributed by atoms with Gasteiger partial charge in [0.2, 0.25) is 15.9 Å². The fourth-order valence-electron chi connectivity index (χ4n) is 3.98. The minimum atomic E-state index is -3.66. The van der Waals surface area contributed by atoms with Gasteiger partial charge in [-0.2, -0.15) is 4.31 Å². The summed E-state index contributed by atoms with van der Waals surface area (Å²) in [6, 6.07) is 12.1. The zero-order chi connectivity index (χ0) is 22.0. The number of hydrogen-bond acceptors (Lipinski definition) is 5. The van der Waals surface area contributed by atoms with Crippen LogP contribution in [-0.4, -0.2) is 56.9 Å². The number of piperidine rings is 1. The summed E-state index contributed by atoms with van der Waals surface area (Å²) >= 11 is 6.02. The van der Waals surface area contributed by atoms with E-state index in [1.165, 1.54) is 10.4 Å². The molecular formula is C22H25ClN2O5S. The maximum absolute atomic E-state index is 13.1. The average Bonchev–Trinajstić information content (AvgIpc) is 2.78. The third-order valence-electron chi connectivity index (χ3n) is 5.64. The summed E-state index contributed by atoms with van der Waals surface area (Å²) in [4.78, 5) is 14.7. The smallest absolute Gasteiger partial charge is 0.243 e. The molecule has 166 valence electrons. The van der Waals surface area contributed by atoms with Gasteiger partial charge in [-0.3, -0.25) is 4.79 Å². The highest BCUT2D eigenvalue weighted by Crippen LogP contribution is 2.34. The van der Waals surface area contributed by atoms with E-state index in [4.69, 9.17) is 21.1 Å². The van der Waals surface area contributed by atoms with E-state index in [9.17, 15) is 13.2 Å². The fourth-order valence-corrected chi connectivity index (χ4v) is 5.67. The number of ether oxygens (including phenoxy) is 2. The van der Waals surface area contributed by atoms with Crippen molar-refractivity contribution in [3.8, 4) is 11.5 Å². The zero-order valence-corrected chi connectivity index (χ0v) is 18.9. The molecule has 2 aliphatic heterocycles. The number of carbonyl (C=O) groups is 1. The first kappa shape index (κ1) is 21.9. The number of halogens is 1. The quantitative estimate of drug-likeness (QED) is 0.679. The second kappa shape index (κ2) is 9.06. The molecule has 1 saturated heterocycles. The molecule has 0 aliphatic carbocycles. The molecule has 0 radical (unpaired) electrons. The van der Waals surface area contributed by atoms with Crippen molar-refractivity contribution in [1.29, 1.82) is 0 Å². The van der Waals surface area contributed by atoms with Gasteiger partial charge in [-0.25, -0.2) is 8.42 Å². The molecule has 0 saturated carbocycles. The van der Waals surface area contributed by atoms with E-state index in [0.29, 0.717) is 62.2 Å². The molecule has 1 amide bonds. The molecule has 2 aliphatic rings. The second-order valence-corrected chi connectivity index (χ2v) is 10.2. The Morgan fingerprint density at radius 2 is 1.81 bits per heavy atom. The van der Waals surface area contributed by atoms with Crippen molar-refractivity contribution >= 4 is 27.5 Å². The summed E-state index contributed by atoms with van der Waals surface area (Å²) < 4.78 is 38.6. The van der Waals surface area contributed by atoms with Gasteiger partial charge in [0.1, 0.15) is 13.2 Å². The lowest BCUT2D eigenvalue weighted by Gasteiger charge is -2.32. The molecule has 0 N–H and O–H groups in total. The highest BCUT2D eigenvalue weighted by molar-refractivity contribution is 7.89. The Kier molecular flexibility index (Phi) is 6.41. The maximum Gasteiger partial charge on any atom is 0.243 e. The first-order chi connectivity index (χ1) is 14.8. The van der Waals surface area contributed by atoms with E-state index >= 15 is 0 Å². The molecule has 9 heteroatoms. The average molecular weight is 465 g/mol. The minimum Gasteiger partial charge on any atom is -0.486 e.